The molecule has 0 N–H and O–H groups in total. The molecule has 0 bridgehead atoms. The zero-order chi connectivity index (χ0) is 13.5. The van der Waals surface area contributed by atoms with Gasteiger partial charge in [0.25, 0.3) is 0 Å². The van der Waals surface area contributed by atoms with E-state index in [4.69, 9.17) is 9.47 Å². The van der Waals surface area contributed by atoms with Crippen LogP contribution < -0.4 is 4.74 Å². The van der Waals surface area contributed by atoms with Crippen LogP contribution in [0.25, 0.3) is 0 Å². The van der Waals surface area contributed by atoms with Crippen LogP contribution >= 0.6 is 15.9 Å². The Kier molecular flexibility index (Phi) is 6.98. The van der Waals surface area contributed by atoms with E-state index in [1.54, 1.807) is 18.2 Å². The number of halogens is 1. The van der Waals surface area contributed by atoms with Crippen LogP contribution in [0.1, 0.15) is 23.3 Å². The average molecular weight is 337 g/mol. The van der Waals surface area contributed by atoms with E-state index in [-0.39, 0.29) is 14.2 Å². The minimum Gasteiger partial charge on any atom is -0.468 e. The van der Waals surface area contributed by atoms with E-state index in [9.17, 15) is 4.79 Å². The molecular weight excluding hydrogens is 320 g/mol. The van der Waals surface area contributed by atoms with Crippen LogP contribution in [0, 0.1) is 0 Å². The van der Waals surface area contributed by atoms with E-state index in [0.717, 1.165) is 11.8 Å². The molecule has 2 aromatic rings. The summed E-state index contributed by atoms with van der Waals surface area (Å²) in [6.45, 7) is 0.677. The second kappa shape index (κ2) is 8.51. The van der Waals surface area contributed by atoms with Gasteiger partial charge >= 0.3 is 0 Å². The summed E-state index contributed by atoms with van der Waals surface area (Å²) >= 11 is 3.30. The van der Waals surface area contributed by atoms with Gasteiger partial charge < -0.3 is 9.47 Å². The molecule has 4 heteroatoms. The number of rotatable bonds is 6. The number of aldehydes is 1. The highest BCUT2D eigenvalue weighted by Crippen LogP contribution is 2.21. The highest BCUT2D eigenvalue weighted by molar-refractivity contribution is 9.10. The molecule has 106 valence electrons. The van der Waals surface area contributed by atoms with Crippen LogP contribution in [0.2, 0.25) is 0 Å². The highest BCUT2D eigenvalue weighted by atomic mass is 79.9. The predicted octanol–water partition coefficient (Wildman–Crippen LogP) is 4.45. The van der Waals surface area contributed by atoms with Gasteiger partial charge in [0.05, 0.1) is 6.61 Å². The van der Waals surface area contributed by atoms with Crippen molar-refractivity contribution in [1.29, 1.82) is 0 Å². The third-order valence-electron chi connectivity index (χ3n) is 2.52. The molecule has 3 nitrogen and oxygen atoms in total. The van der Waals surface area contributed by atoms with Gasteiger partial charge in [-0.05, 0) is 39.7 Å². The maximum Gasteiger partial charge on any atom is 0.189 e. The molecule has 0 amide bonds. The van der Waals surface area contributed by atoms with Gasteiger partial charge in [0.15, 0.2) is 13.1 Å². The summed E-state index contributed by atoms with van der Waals surface area (Å²) in [6, 6.07) is 15.1. The molecule has 0 saturated heterocycles. The first-order valence-electron chi connectivity index (χ1n) is 5.79. The molecule has 0 saturated carbocycles. The fourth-order valence-corrected chi connectivity index (χ4v) is 1.99. The molecule has 0 unspecified atom stereocenters. The van der Waals surface area contributed by atoms with Crippen molar-refractivity contribution < 1.29 is 14.3 Å². The SMILES string of the molecule is C.O=Cc1ccc(OCOCc2ccccc2)cc1Br. The number of carbonyl (C=O) groups is 1. The first-order chi connectivity index (χ1) is 9.29. The Balaban J connectivity index is 0.00000200. The van der Waals surface area contributed by atoms with Crippen molar-refractivity contribution in [1.82, 2.24) is 0 Å². The molecule has 0 aromatic heterocycles. The molecular formula is C16H17BrO3. The fourth-order valence-electron chi connectivity index (χ4n) is 1.54. The van der Waals surface area contributed by atoms with Crippen molar-refractivity contribution in [2.24, 2.45) is 0 Å². The van der Waals surface area contributed by atoms with Crippen LogP contribution in [0.15, 0.2) is 53.0 Å². The normalized spacial score (nSPS) is 9.65. The number of ether oxygens (including phenoxy) is 2. The highest BCUT2D eigenvalue weighted by Gasteiger charge is 2.01. The van der Waals surface area contributed by atoms with Gasteiger partial charge in [-0.15, -0.1) is 0 Å². The molecule has 0 aliphatic rings. The summed E-state index contributed by atoms with van der Waals surface area (Å²) in [5.74, 6) is 0.658. The number of carbonyl (C=O) groups excluding carboxylic acids is 1. The minimum absolute atomic E-state index is 0. The lowest BCUT2D eigenvalue weighted by Crippen LogP contribution is -2.03. The minimum atomic E-state index is 0. The lowest BCUT2D eigenvalue weighted by atomic mass is 10.2. The van der Waals surface area contributed by atoms with Crippen LogP contribution in [-0.4, -0.2) is 13.1 Å². The molecule has 2 rings (SSSR count). The monoisotopic (exact) mass is 336 g/mol. The Morgan fingerprint density at radius 1 is 1.10 bits per heavy atom. The Bertz CT molecular complexity index is 541. The molecule has 0 aliphatic carbocycles. The van der Waals surface area contributed by atoms with Crippen molar-refractivity contribution >= 4 is 22.2 Å². The van der Waals surface area contributed by atoms with Crippen molar-refractivity contribution in [3.05, 3.63) is 64.1 Å². The topological polar surface area (TPSA) is 35.5 Å². The van der Waals surface area contributed by atoms with Gasteiger partial charge in [-0.1, -0.05) is 37.8 Å². The summed E-state index contributed by atoms with van der Waals surface area (Å²) < 4.78 is 11.6. The molecule has 2 aromatic carbocycles. The average Bonchev–Trinajstić information content (AvgIpc) is 2.45. The summed E-state index contributed by atoms with van der Waals surface area (Å²) in [4.78, 5) is 10.7. The van der Waals surface area contributed by atoms with Gasteiger partial charge in [-0.3, -0.25) is 4.79 Å². The molecule has 0 aliphatic heterocycles. The van der Waals surface area contributed by atoms with Crippen molar-refractivity contribution in [3.8, 4) is 5.75 Å². The molecule has 0 atom stereocenters. The Morgan fingerprint density at radius 3 is 2.50 bits per heavy atom. The standard InChI is InChI=1S/C15H13BrO3.CH4/c16-15-8-14(7-6-13(15)9-17)19-11-18-10-12-4-2-1-3-5-12;/h1-9H,10-11H2;1H4. The van der Waals surface area contributed by atoms with E-state index in [2.05, 4.69) is 15.9 Å². The van der Waals surface area contributed by atoms with Crippen molar-refractivity contribution in [2.45, 2.75) is 14.0 Å². The zero-order valence-electron chi connectivity index (χ0n) is 10.2. The number of hydrogen-bond acceptors (Lipinski definition) is 3. The summed E-state index contributed by atoms with van der Waals surface area (Å²) in [5.41, 5.74) is 1.70. The van der Waals surface area contributed by atoms with E-state index in [1.165, 1.54) is 0 Å². The molecule has 20 heavy (non-hydrogen) atoms. The first-order valence-corrected chi connectivity index (χ1v) is 6.58. The summed E-state index contributed by atoms with van der Waals surface area (Å²) in [5, 5.41) is 0. The third-order valence-corrected chi connectivity index (χ3v) is 3.21. The lowest BCUT2D eigenvalue weighted by Gasteiger charge is -2.08. The Morgan fingerprint density at radius 2 is 1.85 bits per heavy atom. The van der Waals surface area contributed by atoms with E-state index >= 15 is 0 Å². The van der Waals surface area contributed by atoms with E-state index in [0.29, 0.717) is 22.4 Å². The van der Waals surface area contributed by atoms with Gasteiger partial charge in [0.2, 0.25) is 0 Å². The van der Waals surface area contributed by atoms with Crippen LogP contribution in [0.3, 0.4) is 0 Å². The van der Waals surface area contributed by atoms with Crippen LogP contribution in [0.4, 0.5) is 0 Å². The maximum absolute atomic E-state index is 10.7. The van der Waals surface area contributed by atoms with Gasteiger partial charge in [0.1, 0.15) is 5.75 Å². The molecule has 0 radical (unpaired) electrons. The fraction of sp³-hybridized carbons (Fsp3) is 0.188. The molecule has 0 fully saturated rings. The van der Waals surface area contributed by atoms with Crippen LogP contribution in [-0.2, 0) is 11.3 Å². The summed E-state index contributed by atoms with van der Waals surface area (Å²) in [6.07, 6.45) is 0.791. The third kappa shape index (κ3) is 4.79. The zero-order valence-corrected chi connectivity index (χ0v) is 11.8. The smallest absolute Gasteiger partial charge is 0.189 e. The van der Waals surface area contributed by atoms with Gasteiger partial charge in [0, 0.05) is 10.0 Å². The second-order valence-electron chi connectivity index (χ2n) is 3.90. The quantitative estimate of drug-likeness (QED) is 0.444. The van der Waals surface area contributed by atoms with Crippen LogP contribution in [0.5, 0.6) is 5.75 Å². The number of benzene rings is 2. The van der Waals surface area contributed by atoms with Gasteiger partial charge in [-0.2, -0.15) is 0 Å². The largest absolute Gasteiger partial charge is 0.468 e. The summed E-state index contributed by atoms with van der Waals surface area (Å²) in [7, 11) is 0. The van der Waals surface area contributed by atoms with Gasteiger partial charge in [-0.25, -0.2) is 0 Å². The number of hydrogen-bond donors (Lipinski definition) is 0. The Hall–Kier alpha value is -1.65. The van der Waals surface area contributed by atoms with E-state index < -0.39 is 0 Å². The predicted molar refractivity (Wildman–Crippen MR) is 83.0 cm³/mol. The lowest BCUT2D eigenvalue weighted by molar-refractivity contribution is 0.00501. The molecule has 0 spiro atoms. The first kappa shape index (κ1) is 16.4. The van der Waals surface area contributed by atoms with Crippen molar-refractivity contribution in [3.63, 3.8) is 0 Å². The van der Waals surface area contributed by atoms with Crippen molar-refractivity contribution in [2.75, 3.05) is 6.79 Å². The Labute approximate surface area is 127 Å². The second-order valence-corrected chi connectivity index (χ2v) is 4.75. The molecule has 0 heterocycles. The van der Waals surface area contributed by atoms with E-state index in [1.807, 2.05) is 30.3 Å². The maximum atomic E-state index is 10.7.